The van der Waals surface area contributed by atoms with E-state index < -0.39 is 0 Å². The average molecular weight is 187 g/mol. The van der Waals surface area contributed by atoms with Gasteiger partial charge in [-0.15, -0.1) is 12.4 Å². The number of hydrogen-bond donors (Lipinski definition) is 1. The highest BCUT2D eigenvalue weighted by Gasteiger charge is 1.67. The highest BCUT2D eigenvalue weighted by Crippen LogP contribution is 1.86. The molecule has 7 heavy (non-hydrogen) atoms. The van der Waals surface area contributed by atoms with Crippen LogP contribution in [0.15, 0.2) is 12.3 Å². The largest absolute Gasteiger partial charge is 0.516 e. The van der Waals surface area contributed by atoms with Gasteiger partial charge >= 0.3 is 0 Å². The van der Waals surface area contributed by atoms with Crippen molar-refractivity contribution in [3.63, 3.8) is 0 Å². The molecule has 0 saturated heterocycles. The van der Waals surface area contributed by atoms with Gasteiger partial charge in [0.25, 0.3) is 0 Å². The summed E-state index contributed by atoms with van der Waals surface area (Å²) in [7, 11) is 0. The molecule has 3 heteroatoms. The van der Waals surface area contributed by atoms with Gasteiger partial charge in [0, 0.05) is 5.33 Å². The number of rotatable bonds is 2. The van der Waals surface area contributed by atoms with Crippen LogP contribution in [0.3, 0.4) is 0 Å². The Morgan fingerprint density at radius 1 is 1.57 bits per heavy atom. The molecule has 0 aromatic rings. The zero-order valence-corrected chi connectivity index (χ0v) is 6.20. The molecule has 0 heterocycles. The Bertz CT molecular complexity index is 47.0. The highest BCUT2D eigenvalue weighted by atomic mass is 79.9. The summed E-state index contributed by atoms with van der Waals surface area (Å²) in [6.45, 7) is 0. The molecular formula is C4H8BrClO. The van der Waals surface area contributed by atoms with Gasteiger partial charge in [-0.2, -0.15) is 0 Å². The molecule has 0 rings (SSSR count). The summed E-state index contributed by atoms with van der Waals surface area (Å²) in [5.41, 5.74) is 0. The predicted molar refractivity (Wildman–Crippen MR) is 37.4 cm³/mol. The molecule has 1 nitrogen and oxygen atoms in total. The van der Waals surface area contributed by atoms with Crippen LogP contribution in [0.5, 0.6) is 0 Å². The maximum atomic E-state index is 8.00. The summed E-state index contributed by atoms with van der Waals surface area (Å²) < 4.78 is 0. The van der Waals surface area contributed by atoms with E-state index in [0.717, 1.165) is 18.0 Å². The molecule has 0 aliphatic rings. The van der Waals surface area contributed by atoms with Gasteiger partial charge in [-0.3, -0.25) is 0 Å². The van der Waals surface area contributed by atoms with Crippen molar-refractivity contribution in [3.8, 4) is 0 Å². The molecule has 0 spiro atoms. The van der Waals surface area contributed by atoms with Crippen molar-refractivity contribution >= 4 is 28.3 Å². The molecule has 0 aromatic carbocycles. The number of aliphatic hydroxyl groups excluding tert-OH is 1. The second kappa shape index (κ2) is 9.58. The van der Waals surface area contributed by atoms with Gasteiger partial charge in [-0.25, -0.2) is 0 Å². The van der Waals surface area contributed by atoms with E-state index >= 15 is 0 Å². The Hall–Kier alpha value is 0.310. The van der Waals surface area contributed by atoms with Gasteiger partial charge < -0.3 is 5.11 Å². The van der Waals surface area contributed by atoms with E-state index in [1.54, 1.807) is 6.08 Å². The highest BCUT2D eigenvalue weighted by molar-refractivity contribution is 9.09. The van der Waals surface area contributed by atoms with E-state index in [0.29, 0.717) is 0 Å². The van der Waals surface area contributed by atoms with Crippen molar-refractivity contribution in [3.05, 3.63) is 12.3 Å². The Balaban J connectivity index is 0. The average Bonchev–Trinajstić information content (AvgIpc) is 1.61. The fourth-order valence-corrected chi connectivity index (χ4v) is 0.402. The predicted octanol–water partition coefficient (Wildman–Crippen LogP) is 2.26. The first kappa shape index (κ1) is 10.3. The summed E-state index contributed by atoms with van der Waals surface area (Å²) >= 11 is 3.19. The summed E-state index contributed by atoms with van der Waals surface area (Å²) in [4.78, 5) is 0. The Kier molecular flexibility index (Phi) is 14.1. The number of halogens is 2. The molecule has 44 valence electrons. The fraction of sp³-hybridized carbons (Fsp3) is 0.500. The molecular weight excluding hydrogens is 179 g/mol. The van der Waals surface area contributed by atoms with E-state index in [1.165, 1.54) is 0 Å². The summed E-state index contributed by atoms with van der Waals surface area (Å²) in [5.74, 6) is 0. The van der Waals surface area contributed by atoms with Gasteiger partial charge in [0.1, 0.15) is 0 Å². The van der Waals surface area contributed by atoms with E-state index in [4.69, 9.17) is 5.11 Å². The normalized spacial score (nSPS) is 8.71. The molecule has 0 aliphatic heterocycles. The maximum absolute atomic E-state index is 8.00. The van der Waals surface area contributed by atoms with Crippen LogP contribution >= 0.6 is 28.3 Å². The Labute approximate surface area is 58.0 Å². The van der Waals surface area contributed by atoms with E-state index in [2.05, 4.69) is 15.9 Å². The SMILES string of the molecule is Cl.O/C=C/CCBr. The van der Waals surface area contributed by atoms with Crippen LogP contribution in [-0.2, 0) is 0 Å². The quantitative estimate of drug-likeness (QED) is 0.519. The first-order chi connectivity index (χ1) is 2.91. The van der Waals surface area contributed by atoms with Crippen LogP contribution in [0.1, 0.15) is 6.42 Å². The van der Waals surface area contributed by atoms with Gasteiger partial charge in [-0.05, 0) is 12.5 Å². The summed E-state index contributed by atoms with van der Waals surface area (Å²) in [6, 6.07) is 0. The van der Waals surface area contributed by atoms with Gasteiger partial charge in [-0.1, -0.05) is 15.9 Å². The lowest BCUT2D eigenvalue weighted by Gasteiger charge is -1.74. The van der Waals surface area contributed by atoms with Crippen LogP contribution in [0.2, 0.25) is 0 Å². The first-order valence-corrected chi connectivity index (χ1v) is 2.89. The fourth-order valence-electron chi connectivity index (χ4n) is 0.138. The van der Waals surface area contributed by atoms with Crippen molar-refractivity contribution in [2.45, 2.75) is 6.42 Å². The number of allylic oxidation sites excluding steroid dienone is 1. The van der Waals surface area contributed by atoms with Crippen molar-refractivity contribution in [2.24, 2.45) is 0 Å². The number of aliphatic hydroxyl groups is 1. The molecule has 0 aliphatic carbocycles. The van der Waals surface area contributed by atoms with Crippen LogP contribution < -0.4 is 0 Å². The zero-order valence-electron chi connectivity index (χ0n) is 3.80. The minimum Gasteiger partial charge on any atom is -0.516 e. The molecule has 0 atom stereocenters. The van der Waals surface area contributed by atoms with Crippen molar-refractivity contribution < 1.29 is 5.11 Å². The van der Waals surface area contributed by atoms with Gasteiger partial charge in [0.05, 0.1) is 6.26 Å². The molecule has 0 unspecified atom stereocenters. The standard InChI is InChI=1S/C4H7BrO.ClH/c5-3-1-2-4-6;/h2,4,6H,1,3H2;1H/b4-2+;. The van der Waals surface area contributed by atoms with E-state index in [1.807, 2.05) is 0 Å². The van der Waals surface area contributed by atoms with Crippen molar-refractivity contribution in [2.75, 3.05) is 5.33 Å². The van der Waals surface area contributed by atoms with Gasteiger partial charge in [0.15, 0.2) is 0 Å². The lowest BCUT2D eigenvalue weighted by molar-refractivity contribution is 0.471. The van der Waals surface area contributed by atoms with E-state index in [9.17, 15) is 0 Å². The Morgan fingerprint density at radius 3 is 2.29 bits per heavy atom. The van der Waals surface area contributed by atoms with Crippen LogP contribution in [-0.4, -0.2) is 10.4 Å². The van der Waals surface area contributed by atoms with Crippen molar-refractivity contribution in [1.29, 1.82) is 0 Å². The third kappa shape index (κ3) is 10.7. The van der Waals surface area contributed by atoms with Crippen LogP contribution in [0, 0.1) is 0 Å². The molecule has 0 fully saturated rings. The zero-order chi connectivity index (χ0) is 4.83. The summed E-state index contributed by atoms with van der Waals surface area (Å²) in [5, 5.41) is 8.92. The number of hydrogen-bond acceptors (Lipinski definition) is 1. The topological polar surface area (TPSA) is 20.2 Å². The smallest absolute Gasteiger partial charge is 0.0752 e. The third-order valence-electron chi connectivity index (χ3n) is 0.381. The number of alkyl halides is 1. The monoisotopic (exact) mass is 186 g/mol. The first-order valence-electron chi connectivity index (χ1n) is 1.77. The maximum Gasteiger partial charge on any atom is 0.0752 e. The summed E-state index contributed by atoms with van der Waals surface area (Å²) in [6.07, 6.45) is 3.65. The van der Waals surface area contributed by atoms with Crippen molar-refractivity contribution in [1.82, 2.24) is 0 Å². The Morgan fingerprint density at radius 2 is 2.14 bits per heavy atom. The molecule has 0 aromatic heterocycles. The molecule has 0 amide bonds. The third-order valence-corrected chi connectivity index (χ3v) is 0.839. The lowest BCUT2D eigenvalue weighted by Crippen LogP contribution is -1.62. The van der Waals surface area contributed by atoms with Crippen LogP contribution in [0.25, 0.3) is 0 Å². The second-order valence-electron chi connectivity index (χ2n) is 0.862. The van der Waals surface area contributed by atoms with Crippen LogP contribution in [0.4, 0.5) is 0 Å². The lowest BCUT2D eigenvalue weighted by atomic mass is 10.5. The van der Waals surface area contributed by atoms with E-state index in [-0.39, 0.29) is 12.4 Å². The molecule has 0 saturated carbocycles. The minimum absolute atomic E-state index is 0. The van der Waals surface area contributed by atoms with Gasteiger partial charge in [0.2, 0.25) is 0 Å². The molecule has 0 radical (unpaired) electrons. The minimum atomic E-state index is 0. The molecule has 0 bridgehead atoms. The molecule has 1 N–H and O–H groups in total. The second-order valence-corrected chi connectivity index (χ2v) is 1.66.